The molecule has 3 rings (SSSR count). The van der Waals surface area contributed by atoms with Crippen molar-refractivity contribution >= 4 is 6.47 Å². The van der Waals surface area contributed by atoms with Crippen LogP contribution < -0.4 is 0 Å². The first-order valence-corrected chi connectivity index (χ1v) is 8.07. The Hall–Kier alpha value is -3.07. The maximum absolute atomic E-state index is 13.9. The van der Waals surface area contributed by atoms with E-state index in [1.807, 2.05) is 6.92 Å². The zero-order valence-corrected chi connectivity index (χ0v) is 14.3. The van der Waals surface area contributed by atoms with Gasteiger partial charge in [0.25, 0.3) is 6.47 Å². The fraction of sp³-hybridized carbons (Fsp3) is 0.294. The molecule has 0 radical (unpaired) electrons. The van der Waals surface area contributed by atoms with Gasteiger partial charge in [0.1, 0.15) is 11.5 Å². The number of rotatable bonds is 6. The number of hydrogen-bond donors (Lipinski definition) is 3. The first kappa shape index (κ1) is 19.3. The molecule has 0 atom stereocenters. The number of aliphatic hydroxyl groups is 1. The molecule has 2 aromatic heterocycles. The number of carbonyl (C=O) groups is 1. The first-order valence-electron chi connectivity index (χ1n) is 8.07. The summed E-state index contributed by atoms with van der Waals surface area (Å²) in [5, 5.41) is 27.4. The average Bonchev–Trinajstić information content (AvgIpc) is 3.27. The van der Waals surface area contributed by atoms with Crippen molar-refractivity contribution in [2.45, 2.75) is 26.3 Å². The van der Waals surface area contributed by atoms with E-state index in [1.54, 1.807) is 28.9 Å². The number of nitrogens with zero attached hydrogens (tertiary/aromatic N) is 4. The highest BCUT2D eigenvalue weighted by Gasteiger charge is 2.15. The topological polar surface area (TPSA) is 117 Å². The van der Waals surface area contributed by atoms with Crippen LogP contribution in [-0.2, 0) is 17.8 Å². The molecular weight excluding hydrogens is 341 g/mol. The molecule has 3 aromatic rings. The quantitative estimate of drug-likeness (QED) is 0.579. The summed E-state index contributed by atoms with van der Waals surface area (Å²) < 4.78 is 15.6. The van der Waals surface area contributed by atoms with Crippen molar-refractivity contribution in [1.29, 1.82) is 0 Å². The smallest absolute Gasteiger partial charge is 0.290 e. The molecule has 8 nitrogen and oxygen atoms in total. The zero-order valence-electron chi connectivity index (χ0n) is 14.3. The van der Waals surface area contributed by atoms with Crippen LogP contribution in [0.3, 0.4) is 0 Å². The molecule has 0 amide bonds. The van der Waals surface area contributed by atoms with Gasteiger partial charge in [-0.1, -0.05) is 19.1 Å². The molecule has 0 bridgehead atoms. The second kappa shape index (κ2) is 9.42. The second-order valence-electron chi connectivity index (χ2n) is 5.26. The standard InChI is InChI=1S/C16H18FN5O.CH2O2/c1-2-15-18-16(22(21-15)8-5-9-23)14-10-13(19-20-14)11-6-3-4-7-12(11)17;2-1-3/h3-4,6-7,10,23H,2,5,8-9H2,1H3,(H,19,20);1H,(H,2,3). The van der Waals surface area contributed by atoms with Crippen LogP contribution in [0.2, 0.25) is 0 Å². The summed E-state index contributed by atoms with van der Waals surface area (Å²) in [7, 11) is 0. The number of carboxylic acid groups (broad SMARTS) is 1. The van der Waals surface area contributed by atoms with Crippen LogP contribution in [-0.4, -0.2) is 48.3 Å². The predicted molar refractivity (Wildman–Crippen MR) is 92.8 cm³/mol. The van der Waals surface area contributed by atoms with Crippen molar-refractivity contribution in [3.05, 3.63) is 42.0 Å². The van der Waals surface area contributed by atoms with E-state index in [0.717, 1.165) is 5.82 Å². The van der Waals surface area contributed by atoms with E-state index in [2.05, 4.69) is 20.3 Å². The number of hydrogen-bond acceptors (Lipinski definition) is 5. The number of aromatic amines is 1. The molecule has 138 valence electrons. The van der Waals surface area contributed by atoms with Gasteiger partial charge < -0.3 is 10.2 Å². The highest BCUT2D eigenvalue weighted by molar-refractivity contribution is 5.65. The lowest BCUT2D eigenvalue weighted by molar-refractivity contribution is -0.122. The molecule has 0 saturated heterocycles. The Bertz CT molecular complexity index is 847. The van der Waals surface area contributed by atoms with E-state index in [4.69, 9.17) is 15.0 Å². The van der Waals surface area contributed by atoms with Gasteiger partial charge in [0.15, 0.2) is 11.6 Å². The van der Waals surface area contributed by atoms with Crippen LogP contribution in [0.25, 0.3) is 22.8 Å². The van der Waals surface area contributed by atoms with Gasteiger partial charge in [-0.2, -0.15) is 10.2 Å². The van der Waals surface area contributed by atoms with Gasteiger partial charge in [0, 0.05) is 25.1 Å². The lowest BCUT2D eigenvalue weighted by Gasteiger charge is -2.02. The van der Waals surface area contributed by atoms with Crippen LogP contribution >= 0.6 is 0 Å². The fourth-order valence-electron chi connectivity index (χ4n) is 2.36. The lowest BCUT2D eigenvalue weighted by atomic mass is 10.1. The van der Waals surface area contributed by atoms with Crippen LogP contribution in [0, 0.1) is 5.82 Å². The Balaban J connectivity index is 0.000000758. The molecule has 3 N–H and O–H groups in total. The Morgan fingerprint density at radius 1 is 1.35 bits per heavy atom. The van der Waals surface area contributed by atoms with Crippen LogP contribution in [0.15, 0.2) is 30.3 Å². The lowest BCUT2D eigenvalue weighted by Crippen LogP contribution is -2.04. The maximum atomic E-state index is 13.9. The Morgan fingerprint density at radius 2 is 2.08 bits per heavy atom. The Morgan fingerprint density at radius 3 is 2.73 bits per heavy atom. The van der Waals surface area contributed by atoms with E-state index >= 15 is 0 Å². The number of aryl methyl sites for hydroxylation is 2. The number of halogens is 1. The van der Waals surface area contributed by atoms with E-state index < -0.39 is 0 Å². The van der Waals surface area contributed by atoms with Crippen molar-refractivity contribution < 1.29 is 19.4 Å². The van der Waals surface area contributed by atoms with E-state index in [1.165, 1.54) is 6.07 Å². The molecule has 9 heteroatoms. The molecular formula is C17H20FN5O3. The van der Waals surface area contributed by atoms with E-state index in [0.29, 0.717) is 42.2 Å². The zero-order chi connectivity index (χ0) is 18.9. The molecule has 2 heterocycles. The SMILES string of the molecule is CCc1nc(-c2cc(-c3ccccc3F)n[nH]2)n(CCCO)n1.O=CO. The first-order chi connectivity index (χ1) is 12.6. The third kappa shape index (κ3) is 4.51. The van der Waals surface area contributed by atoms with Crippen molar-refractivity contribution in [2.75, 3.05) is 6.61 Å². The summed E-state index contributed by atoms with van der Waals surface area (Å²) >= 11 is 0. The molecule has 0 aliphatic rings. The summed E-state index contributed by atoms with van der Waals surface area (Å²) in [6.45, 7) is 2.38. The highest BCUT2D eigenvalue weighted by atomic mass is 19.1. The average molecular weight is 361 g/mol. The molecule has 0 unspecified atom stereocenters. The monoisotopic (exact) mass is 361 g/mol. The van der Waals surface area contributed by atoms with E-state index in [-0.39, 0.29) is 18.9 Å². The summed E-state index contributed by atoms with van der Waals surface area (Å²) in [5.41, 5.74) is 1.63. The van der Waals surface area contributed by atoms with Gasteiger partial charge in [-0.05, 0) is 24.6 Å². The van der Waals surface area contributed by atoms with Crippen molar-refractivity contribution in [1.82, 2.24) is 25.0 Å². The van der Waals surface area contributed by atoms with Gasteiger partial charge in [-0.25, -0.2) is 14.1 Å². The number of nitrogens with one attached hydrogen (secondary N) is 1. The normalized spacial score (nSPS) is 10.3. The molecule has 0 spiro atoms. The number of aromatic nitrogens is 5. The number of H-pyrrole nitrogens is 1. The fourth-order valence-corrected chi connectivity index (χ4v) is 2.36. The molecule has 26 heavy (non-hydrogen) atoms. The van der Waals surface area contributed by atoms with Crippen molar-refractivity contribution in [2.24, 2.45) is 0 Å². The number of benzene rings is 1. The van der Waals surface area contributed by atoms with Crippen molar-refractivity contribution in [3.8, 4) is 22.8 Å². The summed E-state index contributed by atoms with van der Waals surface area (Å²) in [6.07, 6.45) is 1.31. The molecule has 0 fully saturated rings. The summed E-state index contributed by atoms with van der Waals surface area (Å²) in [4.78, 5) is 12.8. The summed E-state index contributed by atoms with van der Waals surface area (Å²) in [5.74, 6) is 1.05. The third-order valence-corrected chi connectivity index (χ3v) is 3.53. The van der Waals surface area contributed by atoms with Gasteiger partial charge >= 0.3 is 0 Å². The minimum atomic E-state index is -0.318. The van der Waals surface area contributed by atoms with Crippen molar-refractivity contribution in [3.63, 3.8) is 0 Å². The van der Waals surface area contributed by atoms with Gasteiger partial charge in [0.2, 0.25) is 0 Å². The highest BCUT2D eigenvalue weighted by Crippen LogP contribution is 2.25. The Labute approximate surface area is 149 Å². The molecule has 1 aromatic carbocycles. The molecule has 0 aliphatic heterocycles. The molecule has 0 aliphatic carbocycles. The minimum absolute atomic E-state index is 0.0875. The van der Waals surface area contributed by atoms with Crippen LogP contribution in [0.1, 0.15) is 19.2 Å². The predicted octanol–water partition coefficient (Wildman–Crippen LogP) is 2.12. The third-order valence-electron chi connectivity index (χ3n) is 3.53. The van der Waals surface area contributed by atoms with Gasteiger partial charge in [0.05, 0.1) is 5.69 Å². The van der Waals surface area contributed by atoms with Gasteiger partial charge in [-0.15, -0.1) is 0 Å². The van der Waals surface area contributed by atoms with Crippen LogP contribution in [0.5, 0.6) is 0 Å². The Kier molecular flexibility index (Phi) is 6.98. The second-order valence-corrected chi connectivity index (χ2v) is 5.26. The number of aliphatic hydroxyl groups excluding tert-OH is 1. The van der Waals surface area contributed by atoms with E-state index in [9.17, 15) is 4.39 Å². The van der Waals surface area contributed by atoms with Crippen LogP contribution in [0.4, 0.5) is 4.39 Å². The molecule has 0 saturated carbocycles. The largest absolute Gasteiger partial charge is 0.483 e. The summed E-state index contributed by atoms with van der Waals surface area (Å²) in [6, 6.07) is 8.26. The maximum Gasteiger partial charge on any atom is 0.290 e. The van der Waals surface area contributed by atoms with Gasteiger partial charge in [-0.3, -0.25) is 9.89 Å². The minimum Gasteiger partial charge on any atom is -0.483 e.